The van der Waals surface area contributed by atoms with Crippen molar-refractivity contribution in [3.05, 3.63) is 60.2 Å². The van der Waals surface area contributed by atoms with E-state index >= 15 is 0 Å². The molecule has 4 rings (SSSR count). The van der Waals surface area contributed by atoms with Crippen LogP contribution in [0.5, 0.6) is 0 Å². The maximum atomic E-state index is 13.1. The molecular formula is C22H28N6O2S. The van der Waals surface area contributed by atoms with Gasteiger partial charge < -0.3 is 11.5 Å². The molecule has 1 aliphatic carbocycles. The molecule has 0 unspecified atom stereocenters. The summed E-state index contributed by atoms with van der Waals surface area (Å²) in [6.45, 7) is 0.299. The van der Waals surface area contributed by atoms with Gasteiger partial charge in [-0.1, -0.05) is 36.8 Å². The Labute approximate surface area is 183 Å². The van der Waals surface area contributed by atoms with Crippen LogP contribution in [-0.4, -0.2) is 37.4 Å². The second kappa shape index (κ2) is 8.32. The third kappa shape index (κ3) is 4.15. The van der Waals surface area contributed by atoms with Crippen LogP contribution < -0.4 is 16.4 Å². The molecule has 1 fully saturated rings. The molecular weight excluding hydrogens is 412 g/mol. The Morgan fingerprint density at radius 3 is 2.29 bits per heavy atom. The monoisotopic (exact) mass is 440 g/mol. The van der Waals surface area contributed by atoms with Gasteiger partial charge in [0.1, 0.15) is 5.66 Å². The lowest BCUT2D eigenvalue weighted by molar-refractivity contribution is 0.305. The van der Waals surface area contributed by atoms with Gasteiger partial charge in [-0.05, 0) is 55.5 Å². The first-order valence-corrected chi connectivity index (χ1v) is 11.9. The highest BCUT2D eigenvalue weighted by Gasteiger charge is 2.42. The minimum absolute atomic E-state index is 0.192. The Hall–Kier alpha value is -2.91. The summed E-state index contributed by atoms with van der Waals surface area (Å²) in [4.78, 5) is 10.9. The molecule has 2 aromatic rings. The van der Waals surface area contributed by atoms with Crippen molar-refractivity contribution >= 4 is 27.6 Å². The van der Waals surface area contributed by atoms with Crippen LogP contribution in [0.4, 0.5) is 5.69 Å². The normalized spacial score (nSPS) is 18.7. The molecule has 2 aliphatic rings. The highest BCUT2D eigenvalue weighted by atomic mass is 32.2. The van der Waals surface area contributed by atoms with Gasteiger partial charge in [0.05, 0.1) is 4.90 Å². The van der Waals surface area contributed by atoms with Crippen LogP contribution in [-0.2, 0) is 16.6 Å². The molecule has 1 saturated carbocycles. The van der Waals surface area contributed by atoms with E-state index in [4.69, 9.17) is 11.5 Å². The predicted octanol–water partition coefficient (Wildman–Crippen LogP) is 2.62. The first-order chi connectivity index (χ1) is 14.8. The van der Waals surface area contributed by atoms with E-state index in [-0.39, 0.29) is 16.8 Å². The highest BCUT2D eigenvalue weighted by Crippen LogP contribution is 2.39. The standard InChI is InChI=1S/C22H28N6O2S/c1-27(16-17-8-4-2-5-9-17)31(29,30)19-12-10-18(11-13-19)28-21(24)25-20(23)26-22(28)14-6-3-7-15-22/h2,4-5,8-13H,3,6-7,14-16H2,1H3,(H4,23,24,25,26). The van der Waals surface area contributed by atoms with Gasteiger partial charge in [0, 0.05) is 19.3 Å². The molecule has 2 aromatic carbocycles. The number of benzene rings is 2. The van der Waals surface area contributed by atoms with Gasteiger partial charge >= 0.3 is 0 Å². The number of hydrogen-bond donors (Lipinski definition) is 2. The Bertz CT molecular complexity index is 1090. The molecule has 1 spiro atoms. The van der Waals surface area contributed by atoms with E-state index in [1.54, 1.807) is 31.3 Å². The maximum absolute atomic E-state index is 13.1. The van der Waals surface area contributed by atoms with E-state index in [0.717, 1.165) is 43.4 Å². The van der Waals surface area contributed by atoms with Crippen LogP contribution in [0.15, 0.2) is 69.5 Å². The van der Waals surface area contributed by atoms with Crippen molar-refractivity contribution in [1.29, 1.82) is 0 Å². The van der Waals surface area contributed by atoms with Crippen molar-refractivity contribution in [3.8, 4) is 0 Å². The zero-order valence-corrected chi connectivity index (χ0v) is 18.4. The zero-order valence-electron chi connectivity index (χ0n) is 17.6. The van der Waals surface area contributed by atoms with Crippen LogP contribution >= 0.6 is 0 Å². The molecule has 0 amide bonds. The topological polar surface area (TPSA) is 117 Å². The number of anilines is 1. The van der Waals surface area contributed by atoms with Gasteiger partial charge in [-0.15, -0.1) is 0 Å². The van der Waals surface area contributed by atoms with Gasteiger partial charge in [0.15, 0.2) is 0 Å². The van der Waals surface area contributed by atoms with Crippen molar-refractivity contribution < 1.29 is 8.42 Å². The number of nitrogens with zero attached hydrogens (tertiary/aromatic N) is 4. The zero-order chi connectivity index (χ0) is 22.1. The van der Waals surface area contributed by atoms with Crippen LogP contribution in [0.2, 0.25) is 0 Å². The van der Waals surface area contributed by atoms with Gasteiger partial charge in [0.25, 0.3) is 0 Å². The summed E-state index contributed by atoms with van der Waals surface area (Å²) in [5.41, 5.74) is 13.3. The largest absolute Gasteiger partial charge is 0.369 e. The maximum Gasteiger partial charge on any atom is 0.243 e. The van der Waals surface area contributed by atoms with Crippen molar-refractivity contribution in [2.24, 2.45) is 21.5 Å². The van der Waals surface area contributed by atoms with Crippen LogP contribution in [0.1, 0.15) is 37.7 Å². The molecule has 0 aromatic heterocycles. The van der Waals surface area contributed by atoms with E-state index < -0.39 is 15.7 Å². The fourth-order valence-electron chi connectivity index (χ4n) is 4.37. The first-order valence-electron chi connectivity index (χ1n) is 10.4. The van der Waals surface area contributed by atoms with Gasteiger partial charge in [0.2, 0.25) is 21.9 Å². The Morgan fingerprint density at radius 2 is 1.65 bits per heavy atom. The van der Waals surface area contributed by atoms with E-state index in [0.29, 0.717) is 6.54 Å². The SMILES string of the molecule is CN(Cc1ccccc1)S(=O)(=O)c1ccc(N2C(N)=NC(N)=NC23CCCCC3)cc1. The third-order valence-electron chi connectivity index (χ3n) is 5.90. The number of sulfonamides is 1. The summed E-state index contributed by atoms with van der Waals surface area (Å²) in [6.07, 6.45) is 4.84. The average Bonchev–Trinajstić information content (AvgIpc) is 2.75. The lowest BCUT2D eigenvalue weighted by Crippen LogP contribution is -2.58. The minimum Gasteiger partial charge on any atom is -0.369 e. The first kappa shape index (κ1) is 21.3. The summed E-state index contributed by atoms with van der Waals surface area (Å²) < 4.78 is 27.5. The second-order valence-corrected chi connectivity index (χ2v) is 10.1. The van der Waals surface area contributed by atoms with E-state index in [1.165, 1.54) is 4.31 Å². The number of aliphatic imine (C=N–C) groups is 2. The molecule has 4 N–H and O–H groups in total. The predicted molar refractivity (Wildman–Crippen MR) is 123 cm³/mol. The molecule has 164 valence electrons. The van der Waals surface area contributed by atoms with E-state index in [2.05, 4.69) is 9.98 Å². The van der Waals surface area contributed by atoms with Gasteiger partial charge in [-0.2, -0.15) is 9.30 Å². The lowest BCUT2D eigenvalue weighted by Gasteiger charge is -2.45. The molecule has 0 atom stereocenters. The smallest absolute Gasteiger partial charge is 0.243 e. The fraction of sp³-hybridized carbons (Fsp3) is 0.364. The van der Waals surface area contributed by atoms with E-state index in [9.17, 15) is 8.42 Å². The number of guanidine groups is 2. The van der Waals surface area contributed by atoms with Crippen molar-refractivity contribution in [2.45, 2.75) is 49.2 Å². The van der Waals surface area contributed by atoms with Gasteiger partial charge in [-0.3, -0.25) is 4.90 Å². The average molecular weight is 441 g/mol. The lowest BCUT2D eigenvalue weighted by atomic mass is 9.87. The molecule has 0 saturated heterocycles. The summed E-state index contributed by atoms with van der Waals surface area (Å²) in [5, 5.41) is 0. The quantitative estimate of drug-likeness (QED) is 0.741. The third-order valence-corrected chi connectivity index (χ3v) is 7.72. The van der Waals surface area contributed by atoms with Crippen molar-refractivity contribution in [3.63, 3.8) is 0 Å². The van der Waals surface area contributed by atoms with Crippen LogP contribution in [0, 0.1) is 0 Å². The van der Waals surface area contributed by atoms with E-state index in [1.807, 2.05) is 35.2 Å². The van der Waals surface area contributed by atoms with Gasteiger partial charge in [-0.25, -0.2) is 13.4 Å². The van der Waals surface area contributed by atoms with Crippen LogP contribution in [0.3, 0.4) is 0 Å². The molecule has 8 nitrogen and oxygen atoms in total. The van der Waals surface area contributed by atoms with Crippen LogP contribution in [0.25, 0.3) is 0 Å². The summed E-state index contributed by atoms with van der Waals surface area (Å²) >= 11 is 0. The summed E-state index contributed by atoms with van der Waals surface area (Å²) in [5.74, 6) is 0.476. The Balaban J connectivity index is 1.60. The fourth-order valence-corrected chi connectivity index (χ4v) is 5.53. The Kier molecular flexibility index (Phi) is 5.72. The minimum atomic E-state index is -3.63. The molecule has 1 heterocycles. The number of hydrogen-bond acceptors (Lipinski definition) is 7. The number of rotatable bonds is 5. The summed E-state index contributed by atoms with van der Waals surface area (Å²) in [7, 11) is -2.05. The molecule has 0 bridgehead atoms. The van der Waals surface area contributed by atoms with Crippen molar-refractivity contribution in [1.82, 2.24) is 4.31 Å². The van der Waals surface area contributed by atoms with Crippen molar-refractivity contribution in [2.75, 3.05) is 11.9 Å². The number of nitrogens with two attached hydrogens (primary N) is 2. The second-order valence-electron chi connectivity index (χ2n) is 8.06. The molecule has 31 heavy (non-hydrogen) atoms. The molecule has 1 aliphatic heterocycles. The highest BCUT2D eigenvalue weighted by molar-refractivity contribution is 7.89. The Morgan fingerprint density at radius 1 is 1.00 bits per heavy atom. The molecule has 9 heteroatoms. The summed E-state index contributed by atoms with van der Waals surface area (Å²) in [6, 6.07) is 16.3. The molecule has 0 radical (unpaired) electrons.